The zero-order chi connectivity index (χ0) is 66.7. The van der Waals surface area contributed by atoms with Gasteiger partial charge in [-0.2, -0.15) is 0 Å². The third-order valence-electron chi connectivity index (χ3n) is 21.8. The average molecular weight is 1280 g/mol. The monoisotopic (exact) mass is 1280 g/mol. The Bertz CT molecular complexity index is 5810. The van der Waals surface area contributed by atoms with Crippen molar-refractivity contribution in [3.05, 3.63) is 301 Å². The van der Waals surface area contributed by atoms with Gasteiger partial charge in [0.25, 0.3) is 0 Å². The minimum absolute atomic E-state index is 0.128. The molecular weight excluding hydrogens is 1210 g/mol. The molecule has 7 nitrogen and oxygen atoms in total. The fourth-order valence-electron chi connectivity index (χ4n) is 15.1. The van der Waals surface area contributed by atoms with Gasteiger partial charge < -0.3 is 4.42 Å². The highest BCUT2D eigenvalue weighted by atomic mass is 32.1. The minimum atomic E-state index is -0.175. The summed E-state index contributed by atoms with van der Waals surface area (Å²) in [6.07, 6.45) is 0. The Kier molecular flexibility index (Phi) is 14.3. The van der Waals surface area contributed by atoms with E-state index in [2.05, 4.69) is 262 Å². The van der Waals surface area contributed by atoms with Crippen molar-refractivity contribution >= 4 is 53.4 Å². The molecule has 2 aliphatic carbocycles. The summed E-state index contributed by atoms with van der Waals surface area (Å²) in [5.74, 6) is 3.92. The molecule has 18 rings (SSSR count). The number of hydrogen-bond donors (Lipinski definition) is 0. The molecule has 0 bridgehead atoms. The van der Waals surface area contributed by atoms with Crippen LogP contribution in [-0.2, 0) is 21.7 Å². The summed E-state index contributed by atoms with van der Waals surface area (Å²) >= 11 is 1.82. The van der Waals surface area contributed by atoms with E-state index in [1.807, 2.05) is 84.1 Å². The van der Waals surface area contributed by atoms with Crippen molar-refractivity contribution in [1.82, 2.24) is 29.9 Å². The van der Waals surface area contributed by atoms with Crippen LogP contribution in [0.5, 0.6) is 0 Å². The van der Waals surface area contributed by atoms with Gasteiger partial charge in [-0.3, -0.25) is 0 Å². The normalized spacial score (nSPS) is 14.4. The zero-order valence-electron chi connectivity index (χ0n) is 56.1. The smallest absolute Gasteiger partial charge is 0.164 e. The zero-order valence-corrected chi connectivity index (χ0v) is 56.9. The second kappa shape index (κ2) is 23.2. The van der Waals surface area contributed by atoms with Gasteiger partial charge in [0.05, 0.1) is 0 Å². The molecule has 2 aliphatic rings. The predicted octanol–water partition coefficient (Wildman–Crippen LogP) is 23.8. The number of hydrogen-bond acceptors (Lipinski definition) is 8. The average Bonchev–Trinajstić information content (AvgIpc) is 0.807. The number of furan rings is 1. The van der Waals surface area contributed by atoms with Crippen molar-refractivity contribution < 1.29 is 4.42 Å². The molecule has 4 aromatic heterocycles. The van der Waals surface area contributed by atoms with Crippen molar-refractivity contribution in [2.24, 2.45) is 0 Å². The first-order valence-electron chi connectivity index (χ1n) is 33.7. The summed E-state index contributed by atoms with van der Waals surface area (Å²) in [4.78, 5) is 30.6. The van der Waals surface area contributed by atoms with E-state index in [1.165, 1.54) is 86.9 Å². The van der Waals surface area contributed by atoms with Gasteiger partial charge in [0.1, 0.15) is 11.2 Å². The topological polar surface area (TPSA) is 90.5 Å². The highest BCUT2D eigenvalue weighted by molar-refractivity contribution is 7.25. The van der Waals surface area contributed by atoms with E-state index >= 15 is 0 Å². The molecule has 0 unspecified atom stereocenters. The molecule has 4 heterocycles. The number of fused-ring (bicyclic) bond motifs is 12. The van der Waals surface area contributed by atoms with Gasteiger partial charge in [-0.25, -0.2) is 29.9 Å². The van der Waals surface area contributed by atoms with Gasteiger partial charge in [-0.15, -0.1) is 11.3 Å². The summed E-state index contributed by atoms with van der Waals surface area (Å²) < 4.78 is 8.79. The van der Waals surface area contributed by atoms with E-state index in [0.29, 0.717) is 34.9 Å². The first-order valence-corrected chi connectivity index (χ1v) is 34.6. The Labute approximate surface area is 575 Å². The lowest BCUT2D eigenvalue weighted by molar-refractivity contribution is 0.299. The summed E-state index contributed by atoms with van der Waals surface area (Å²) in [6.45, 7) is 19.0. The van der Waals surface area contributed by atoms with Crippen LogP contribution in [0.2, 0.25) is 0 Å². The van der Waals surface area contributed by atoms with Crippen LogP contribution in [0.3, 0.4) is 0 Å². The van der Waals surface area contributed by atoms with Gasteiger partial charge in [0.15, 0.2) is 34.9 Å². The third-order valence-corrected chi connectivity index (χ3v) is 23.0. The lowest BCUT2D eigenvalue weighted by Crippen LogP contribution is -2.43. The predicted molar refractivity (Wildman–Crippen MR) is 406 cm³/mol. The van der Waals surface area contributed by atoms with E-state index in [0.717, 1.165) is 55.3 Å². The fourth-order valence-corrected chi connectivity index (χ4v) is 16.1. The van der Waals surface area contributed by atoms with Crippen LogP contribution in [0.15, 0.2) is 283 Å². The minimum Gasteiger partial charge on any atom is -0.456 e. The van der Waals surface area contributed by atoms with Crippen LogP contribution < -0.4 is 0 Å². The Balaban J connectivity index is 0.000000147. The van der Waals surface area contributed by atoms with Gasteiger partial charge in [0.2, 0.25) is 0 Å². The Hall–Kier alpha value is -11.3. The highest BCUT2D eigenvalue weighted by Gasteiger charge is 2.48. The number of thiophene rings is 1. The summed E-state index contributed by atoms with van der Waals surface area (Å²) in [5, 5.41) is 4.66. The highest BCUT2D eigenvalue weighted by Crippen LogP contribution is 2.58. The number of para-hydroxylation sites is 1. The maximum absolute atomic E-state index is 6.25. The molecule has 8 heteroatoms. The first kappa shape index (κ1) is 60.4. The first-order chi connectivity index (χ1) is 47.6. The Morgan fingerprint density at radius 3 is 1.08 bits per heavy atom. The van der Waals surface area contributed by atoms with Gasteiger partial charge in [-0.05, 0) is 143 Å². The van der Waals surface area contributed by atoms with E-state index < -0.39 is 0 Å². The van der Waals surface area contributed by atoms with Crippen molar-refractivity contribution in [2.75, 3.05) is 0 Å². The number of benzene rings is 12. The summed E-state index contributed by atoms with van der Waals surface area (Å²) in [7, 11) is 0. The van der Waals surface area contributed by atoms with Crippen LogP contribution in [0, 0.1) is 0 Å². The van der Waals surface area contributed by atoms with Crippen LogP contribution in [0.4, 0.5) is 0 Å². The summed E-state index contributed by atoms with van der Waals surface area (Å²) in [6, 6.07) is 98.6. The van der Waals surface area contributed by atoms with Crippen LogP contribution >= 0.6 is 11.3 Å². The van der Waals surface area contributed by atoms with Gasteiger partial charge >= 0.3 is 0 Å². The molecule has 0 saturated heterocycles. The molecule has 472 valence electrons. The molecule has 0 spiro atoms. The standard InChI is InChI=1S/C45H35N3O.C45H35N3S/c1-44(2)36-20-13-19-32(28-14-7-5-8-15-28)40(36)35-25-23-30(26-37(35)45(44,3)4)42-46-41(29-16-9-6-10-17-29)47-43(48-42)31-22-24-34-33-18-11-12-21-38(33)49-39(34)27-31;1-44(2)36-20-13-19-32(28-14-7-5-8-15-28)40(36)34-24-22-31(27-37(34)45(44,3)4)43-47-41(29-16-9-6-10-17-29)46-42(48-43)30-23-25-39-35(26-30)33-18-11-12-21-38(33)49-39/h2*5-27H,1-4H3. The molecule has 0 fully saturated rings. The van der Waals surface area contributed by atoms with Crippen LogP contribution in [0.1, 0.15) is 77.6 Å². The maximum Gasteiger partial charge on any atom is 0.164 e. The van der Waals surface area contributed by atoms with Crippen molar-refractivity contribution in [3.63, 3.8) is 0 Å². The molecule has 0 saturated carbocycles. The molecular formula is C90H70N6OS. The van der Waals surface area contributed by atoms with E-state index in [9.17, 15) is 0 Å². The number of aromatic nitrogens is 6. The largest absolute Gasteiger partial charge is 0.456 e. The Morgan fingerprint density at radius 1 is 0.235 bits per heavy atom. The molecule has 12 aromatic carbocycles. The lowest BCUT2D eigenvalue weighted by atomic mass is 9.54. The molecule has 0 N–H and O–H groups in total. The summed E-state index contributed by atoms with van der Waals surface area (Å²) in [5.41, 5.74) is 22.3. The third kappa shape index (κ3) is 9.90. The van der Waals surface area contributed by atoms with Gasteiger partial charge in [0, 0.05) is 64.3 Å². The molecule has 0 radical (unpaired) electrons. The van der Waals surface area contributed by atoms with Crippen molar-refractivity contribution in [3.8, 4) is 113 Å². The maximum atomic E-state index is 6.25. The Morgan fingerprint density at radius 2 is 0.592 bits per heavy atom. The van der Waals surface area contributed by atoms with E-state index in [1.54, 1.807) is 0 Å². The molecule has 98 heavy (non-hydrogen) atoms. The number of nitrogens with zero attached hydrogens (tertiary/aromatic N) is 6. The van der Waals surface area contributed by atoms with Crippen LogP contribution in [-0.4, -0.2) is 29.9 Å². The second-order valence-corrected chi connectivity index (χ2v) is 29.3. The number of rotatable bonds is 8. The fraction of sp³-hybridized carbons (Fsp3) is 0.133. The lowest BCUT2D eigenvalue weighted by Gasteiger charge is -2.49. The SMILES string of the molecule is CC1(C)c2cc(-c3nc(-c4ccccc4)nc(-c4ccc5c(c4)oc4ccccc45)n3)ccc2-c2c(-c3ccccc3)cccc2C1(C)C.CC1(C)c2cc(-c3nc(-c4ccccc4)nc(-c4ccc5sc6ccccc6c5c4)n3)ccc2-c2c(-c3ccccc3)cccc2C1(C)C. The second-order valence-electron chi connectivity index (χ2n) is 28.2. The molecule has 0 aliphatic heterocycles. The van der Waals surface area contributed by atoms with Crippen molar-refractivity contribution in [2.45, 2.75) is 77.0 Å². The van der Waals surface area contributed by atoms with E-state index in [4.69, 9.17) is 34.3 Å². The van der Waals surface area contributed by atoms with E-state index in [-0.39, 0.29) is 21.7 Å². The van der Waals surface area contributed by atoms with Crippen LogP contribution in [0.25, 0.3) is 155 Å². The quantitative estimate of drug-likeness (QED) is 0.150. The van der Waals surface area contributed by atoms with Crippen molar-refractivity contribution in [1.29, 1.82) is 0 Å². The molecule has 16 aromatic rings. The van der Waals surface area contributed by atoms with Gasteiger partial charge in [-0.1, -0.05) is 280 Å². The molecule has 0 amide bonds. The molecule has 0 atom stereocenters.